The van der Waals surface area contributed by atoms with Crippen LogP contribution in [0.2, 0.25) is 0 Å². The Bertz CT molecular complexity index is 267. The summed E-state index contributed by atoms with van der Waals surface area (Å²) in [5.41, 5.74) is 0. The molecule has 0 aromatic carbocycles. The molecule has 0 radical (unpaired) electrons. The van der Waals surface area contributed by atoms with Crippen molar-refractivity contribution in [2.75, 3.05) is 6.54 Å². The van der Waals surface area contributed by atoms with Crippen molar-refractivity contribution >= 4 is 12.0 Å². The van der Waals surface area contributed by atoms with E-state index in [0.29, 0.717) is 24.8 Å². The molecule has 0 heterocycles. The minimum absolute atomic E-state index is 0.370. The standard InChI is InChI=1S/C13H26N2O3/c1-5-6-7-11(12(16)17)15-13(18)14-8-10(4)9(2)3/h9-11H,5-8H2,1-4H3,(H,16,17)(H2,14,15,18)/t10?,11-/m0/s1. The summed E-state index contributed by atoms with van der Waals surface area (Å²) in [6.07, 6.45) is 2.18. The highest BCUT2D eigenvalue weighted by Crippen LogP contribution is 2.07. The third-order valence-corrected chi connectivity index (χ3v) is 3.17. The molecular weight excluding hydrogens is 232 g/mol. The Morgan fingerprint density at radius 1 is 1.22 bits per heavy atom. The van der Waals surface area contributed by atoms with Gasteiger partial charge in [-0.3, -0.25) is 0 Å². The molecule has 106 valence electrons. The lowest BCUT2D eigenvalue weighted by molar-refractivity contribution is -0.139. The first-order valence-corrected chi connectivity index (χ1v) is 6.65. The maximum absolute atomic E-state index is 11.6. The average molecular weight is 258 g/mol. The summed E-state index contributed by atoms with van der Waals surface area (Å²) >= 11 is 0. The Balaban J connectivity index is 4.06. The number of nitrogens with one attached hydrogen (secondary N) is 2. The average Bonchev–Trinajstić information content (AvgIpc) is 2.30. The van der Waals surface area contributed by atoms with Crippen LogP contribution in [-0.4, -0.2) is 29.7 Å². The van der Waals surface area contributed by atoms with E-state index in [2.05, 4.69) is 31.4 Å². The lowest BCUT2D eigenvalue weighted by Crippen LogP contribution is -2.47. The van der Waals surface area contributed by atoms with E-state index < -0.39 is 18.0 Å². The second-order valence-corrected chi connectivity index (χ2v) is 5.11. The molecule has 0 rings (SSSR count). The van der Waals surface area contributed by atoms with Crippen LogP contribution in [0.1, 0.15) is 47.0 Å². The van der Waals surface area contributed by atoms with Crippen LogP contribution in [0, 0.1) is 11.8 Å². The smallest absolute Gasteiger partial charge is 0.326 e. The molecule has 0 saturated carbocycles. The Kier molecular flexibility index (Phi) is 8.16. The Morgan fingerprint density at radius 3 is 2.28 bits per heavy atom. The van der Waals surface area contributed by atoms with Crippen molar-refractivity contribution < 1.29 is 14.7 Å². The van der Waals surface area contributed by atoms with Crippen LogP contribution in [-0.2, 0) is 4.79 Å². The van der Waals surface area contributed by atoms with Gasteiger partial charge in [-0.1, -0.05) is 40.5 Å². The van der Waals surface area contributed by atoms with Gasteiger partial charge in [0.1, 0.15) is 6.04 Å². The normalized spacial score (nSPS) is 14.1. The summed E-state index contributed by atoms with van der Waals surface area (Å²) < 4.78 is 0. The highest BCUT2D eigenvalue weighted by Gasteiger charge is 2.19. The topological polar surface area (TPSA) is 78.4 Å². The maximum atomic E-state index is 11.6. The van der Waals surface area contributed by atoms with Crippen LogP contribution in [0.5, 0.6) is 0 Å². The third kappa shape index (κ3) is 7.14. The molecule has 0 fully saturated rings. The van der Waals surface area contributed by atoms with Gasteiger partial charge in [0.15, 0.2) is 0 Å². The summed E-state index contributed by atoms with van der Waals surface area (Å²) in [5.74, 6) is -0.120. The minimum atomic E-state index is -0.976. The van der Waals surface area contributed by atoms with Gasteiger partial charge in [-0.25, -0.2) is 9.59 Å². The molecule has 0 saturated heterocycles. The van der Waals surface area contributed by atoms with Gasteiger partial charge in [0.05, 0.1) is 0 Å². The number of carboxylic acid groups (broad SMARTS) is 1. The van der Waals surface area contributed by atoms with Gasteiger partial charge in [0.2, 0.25) is 0 Å². The fourth-order valence-electron chi connectivity index (χ4n) is 1.36. The van der Waals surface area contributed by atoms with E-state index in [4.69, 9.17) is 5.11 Å². The van der Waals surface area contributed by atoms with E-state index in [1.807, 2.05) is 6.92 Å². The van der Waals surface area contributed by atoms with Gasteiger partial charge >= 0.3 is 12.0 Å². The molecule has 0 aromatic heterocycles. The van der Waals surface area contributed by atoms with E-state index >= 15 is 0 Å². The number of amides is 2. The zero-order valence-electron chi connectivity index (χ0n) is 11.8. The van der Waals surface area contributed by atoms with Gasteiger partial charge in [-0.15, -0.1) is 0 Å². The molecule has 2 amide bonds. The summed E-state index contributed by atoms with van der Waals surface area (Å²) in [4.78, 5) is 22.5. The number of rotatable bonds is 8. The second-order valence-electron chi connectivity index (χ2n) is 5.11. The molecule has 0 aliphatic carbocycles. The molecule has 5 nitrogen and oxygen atoms in total. The first-order chi connectivity index (χ1) is 8.38. The number of carbonyl (C=O) groups excluding carboxylic acids is 1. The molecule has 0 spiro atoms. The van der Waals surface area contributed by atoms with Crippen LogP contribution in [0.25, 0.3) is 0 Å². The predicted octanol–water partition coefficient (Wildman–Crippen LogP) is 2.22. The molecule has 0 aliphatic heterocycles. The van der Waals surface area contributed by atoms with Crippen molar-refractivity contribution in [3.63, 3.8) is 0 Å². The molecule has 0 bridgehead atoms. The van der Waals surface area contributed by atoms with Gasteiger partial charge < -0.3 is 15.7 Å². The van der Waals surface area contributed by atoms with Gasteiger partial charge in [-0.05, 0) is 18.3 Å². The highest BCUT2D eigenvalue weighted by atomic mass is 16.4. The minimum Gasteiger partial charge on any atom is -0.480 e. The van der Waals surface area contributed by atoms with Crippen LogP contribution in [0.4, 0.5) is 4.79 Å². The van der Waals surface area contributed by atoms with Crippen molar-refractivity contribution in [2.24, 2.45) is 11.8 Å². The number of hydrogen-bond acceptors (Lipinski definition) is 2. The molecule has 1 unspecified atom stereocenters. The zero-order valence-corrected chi connectivity index (χ0v) is 11.8. The summed E-state index contributed by atoms with van der Waals surface area (Å²) in [7, 11) is 0. The SMILES string of the molecule is CCCC[C@H](NC(=O)NCC(C)C(C)C)C(=O)O. The molecule has 0 aliphatic rings. The largest absolute Gasteiger partial charge is 0.480 e. The van der Waals surface area contributed by atoms with Crippen molar-refractivity contribution in [3.05, 3.63) is 0 Å². The Morgan fingerprint density at radius 2 is 1.83 bits per heavy atom. The lowest BCUT2D eigenvalue weighted by atomic mass is 9.98. The summed E-state index contributed by atoms with van der Waals surface area (Å²) in [6, 6.07) is -1.19. The molecular formula is C13H26N2O3. The maximum Gasteiger partial charge on any atom is 0.326 e. The van der Waals surface area contributed by atoms with E-state index in [0.717, 1.165) is 12.8 Å². The first-order valence-electron chi connectivity index (χ1n) is 6.65. The first kappa shape index (κ1) is 16.7. The van der Waals surface area contributed by atoms with Crippen molar-refractivity contribution in [1.29, 1.82) is 0 Å². The van der Waals surface area contributed by atoms with Crippen LogP contribution >= 0.6 is 0 Å². The summed E-state index contributed by atoms with van der Waals surface area (Å²) in [6.45, 7) is 8.78. The van der Waals surface area contributed by atoms with E-state index in [-0.39, 0.29) is 0 Å². The Hall–Kier alpha value is -1.26. The van der Waals surface area contributed by atoms with Crippen molar-refractivity contribution in [1.82, 2.24) is 10.6 Å². The number of carboxylic acids is 1. The second kappa shape index (κ2) is 8.78. The Labute approximate surface area is 109 Å². The fourth-order valence-corrected chi connectivity index (χ4v) is 1.36. The monoisotopic (exact) mass is 258 g/mol. The van der Waals surface area contributed by atoms with E-state index in [1.54, 1.807) is 0 Å². The molecule has 5 heteroatoms. The molecule has 18 heavy (non-hydrogen) atoms. The third-order valence-electron chi connectivity index (χ3n) is 3.17. The number of hydrogen-bond donors (Lipinski definition) is 3. The molecule has 3 N–H and O–H groups in total. The fraction of sp³-hybridized carbons (Fsp3) is 0.846. The van der Waals surface area contributed by atoms with Crippen molar-refractivity contribution in [3.8, 4) is 0 Å². The van der Waals surface area contributed by atoms with Gasteiger partial charge in [0.25, 0.3) is 0 Å². The summed E-state index contributed by atoms with van der Waals surface area (Å²) in [5, 5.41) is 14.2. The molecule has 0 aromatic rings. The van der Waals surface area contributed by atoms with Crippen LogP contribution in [0.15, 0.2) is 0 Å². The van der Waals surface area contributed by atoms with Gasteiger partial charge in [0, 0.05) is 6.54 Å². The number of unbranched alkanes of at least 4 members (excludes halogenated alkanes) is 1. The van der Waals surface area contributed by atoms with E-state index in [1.165, 1.54) is 0 Å². The van der Waals surface area contributed by atoms with Crippen LogP contribution < -0.4 is 10.6 Å². The lowest BCUT2D eigenvalue weighted by Gasteiger charge is -2.18. The van der Waals surface area contributed by atoms with Gasteiger partial charge in [-0.2, -0.15) is 0 Å². The zero-order chi connectivity index (χ0) is 14.1. The number of urea groups is 1. The number of carbonyl (C=O) groups is 2. The molecule has 2 atom stereocenters. The van der Waals surface area contributed by atoms with Crippen molar-refractivity contribution in [2.45, 2.75) is 53.0 Å². The quantitative estimate of drug-likeness (QED) is 0.624. The predicted molar refractivity (Wildman–Crippen MR) is 71.5 cm³/mol. The van der Waals surface area contributed by atoms with E-state index in [9.17, 15) is 9.59 Å². The number of aliphatic carboxylic acids is 1. The van der Waals surface area contributed by atoms with Crippen LogP contribution in [0.3, 0.4) is 0 Å². The highest BCUT2D eigenvalue weighted by molar-refractivity contribution is 5.82.